The molecule has 0 radical (unpaired) electrons. The molecule has 27 heavy (non-hydrogen) atoms. The van der Waals surface area contributed by atoms with E-state index in [1.807, 2.05) is 6.92 Å². The fraction of sp³-hybridized carbons (Fsp3) is 0.412. The van der Waals surface area contributed by atoms with Crippen molar-refractivity contribution < 1.29 is 22.4 Å². The Kier molecular flexibility index (Phi) is 5.33. The topological polar surface area (TPSA) is 128 Å². The summed E-state index contributed by atoms with van der Waals surface area (Å²) in [6.07, 6.45) is -1.40. The number of aliphatic hydroxyl groups excluding tert-OH is 1. The van der Waals surface area contributed by atoms with E-state index in [0.717, 1.165) is 10.1 Å². The first kappa shape index (κ1) is 19.5. The summed E-state index contributed by atoms with van der Waals surface area (Å²) in [7, 11) is -4.00. The fourth-order valence-corrected chi connectivity index (χ4v) is 3.68. The van der Waals surface area contributed by atoms with E-state index in [1.54, 1.807) is 12.1 Å². The molecule has 1 fully saturated rings. The molecule has 3 rings (SSSR count). The average molecular weight is 396 g/mol. The molecule has 0 amide bonds. The molecule has 1 aromatic carbocycles. The van der Waals surface area contributed by atoms with Gasteiger partial charge in [0.1, 0.15) is 12.3 Å². The van der Waals surface area contributed by atoms with E-state index >= 15 is 0 Å². The van der Waals surface area contributed by atoms with E-state index < -0.39 is 46.4 Å². The number of rotatable bonds is 5. The van der Waals surface area contributed by atoms with Crippen molar-refractivity contribution in [1.29, 1.82) is 0 Å². The minimum absolute atomic E-state index is 0.00427. The second kappa shape index (κ2) is 7.39. The molecule has 0 aliphatic carbocycles. The molecule has 10 heteroatoms. The van der Waals surface area contributed by atoms with Gasteiger partial charge in [-0.05, 0) is 26.0 Å². The van der Waals surface area contributed by atoms with Gasteiger partial charge in [-0.25, -0.2) is 4.79 Å². The van der Waals surface area contributed by atoms with Gasteiger partial charge in [0.05, 0.1) is 17.6 Å². The maximum atomic E-state index is 12.2. The average Bonchev–Trinajstić information content (AvgIpc) is 2.97. The van der Waals surface area contributed by atoms with Gasteiger partial charge in [0.2, 0.25) is 0 Å². The van der Waals surface area contributed by atoms with Crippen molar-refractivity contribution in [3.8, 4) is 0 Å². The van der Waals surface area contributed by atoms with Gasteiger partial charge in [0.15, 0.2) is 0 Å². The molecule has 0 bridgehead atoms. The second-order valence-electron chi connectivity index (χ2n) is 6.46. The zero-order valence-corrected chi connectivity index (χ0v) is 15.6. The van der Waals surface area contributed by atoms with Crippen LogP contribution in [0.4, 0.5) is 0 Å². The lowest BCUT2D eigenvalue weighted by Gasteiger charge is -2.16. The summed E-state index contributed by atoms with van der Waals surface area (Å²) in [4.78, 5) is 25.6. The maximum Gasteiger partial charge on any atom is 0.330 e. The summed E-state index contributed by atoms with van der Waals surface area (Å²) in [5, 5.41) is 10.2. The van der Waals surface area contributed by atoms with Crippen molar-refractivity contribution in [3.63, 3.8) is 0 Å². The first-order valence-corrected chi connectivity index (χ1v) is 9.70. The van der Waals surface area contributed by atoms with Crippen molar-refractivity contribution in [2.24, 2.45) is 0 Å². The van der Waals surface area contributed by atoms with Crippen LogP contribution in [0.25, 0.3) is 0 Å². The largest absolute Gasteiger partial charge is 0.390 e. The van der Waals surface area contributed by atoms with Gasteiger partial charge in [0, 0.05) is 18.2 Å². The zero-order chi connectivity index (χ0) is 19.8. The van der Waals surface area contributed by atoms with E-state index in [4.69, 9.17) is 8.92 Å². The van der Waals surface area contributed by atoms with Crippen LogP contribution in [0.1, 0.15) is 23.8 Å². The monoisotopic (exact) mass is 396 g/mol. The molecule has 1 aliphatic heterocycles. The summed E-state index contributed by atoms with van der Waals surface area (Å²) in [5.74, 6) is 0. The molecular formula is C17H20N2O7S. The highest BCUT2D eigenvalue weighted by atomic mass is 32.2. The van der Waals surface area contributed by atoms with E-state index in [0.29, 0.717) is 5.56 Å². The minimum atomic E-state index is -4.00. The Morgan fingerprint density at radius 3 is 2.59 bits per heavy atom. The van der Waals surface area contributed by atoms with Crippen molar-refractivity contribution in [3.05, 3.63) is 62.4 Å². The summed E-state index contributed by atoms with van der Waals surface area (Å²) >= 11 is 0. The molecule has 3 unspecified atom stereocenters. The second-order valence-corrected chi connectivity index (χ2v) is 8.08. The number of H-pyrrole nitrogens is 1. The normalized spacial score (nSPS) is 22.9. The van der Waals surface area contributed by atoms with Crippen LogP contribution < -0.4 is 11.2 Å². The Morgan fingerprint density at radius 1 is 1.26 bits per heavy atom. The molecule has 0 spiro atoms. The van der Waals surface area contributed by atoms with Crippen LogP contribution in [0.5, 0.6) is 0 Å². The van der Waals surface area contributed by atoms with Gasteiger partial charge < -0.3 is 9.84 Å². The third-order valence-electron chi connectivity index (χ3n) is 4.36. The predicted octanol–water partition coefficient (Wildman–Crippen LogP) is 0.207. The molecule has 2 heterocycles. The molecule has 1 aliphatic rings. The Bertz CT molecular complexity index is 1040. The number of nitrogens with zero attached hydrogens (tertiary/aromatic N) is 1. The van der Waals surface area contributed by atoms with Crippen LogP contribution in [0.3, 0.4) is 0 Å². The molecule has 9 nitrogen and oxygen atoms in total. The molecule has 1 aromatic heterocycles. The van der Waals surface area contributed by atoms with Gasteiger partial charge in [-0.1, -0.05) is 17.7 Å². The number of aromatic amines is 1. The lowest BCUT2D eigenvalue weighted by Crippen LogP contribution is -2.33. The highest BCUT2D eigenvalue weighted by Gasteiger charge is 2.37. The number of aliphatic hydroxyl groups is 1. The third kappa shape index (κ3) is 4.19. The summed E-state index contributed by atoms with van der Waals surface area (Å²) < 4.78 is 36.2. The first-order chi connectivity index (χ1) is 12.7. The minimum Gasteiger partial charge on any atom is -0.390 e. The lowest BCUT2D eigenvalue weighted by atomic mass is 10.2. The third-order valence-corrected chi connectivity index (χ3v) is 5.65. The van der Waals surface area contributed by atoms with Crippen LogP contribution >= 0.6 is 0 Å². The number of aryl methyl sites for hydroxylation is 2. The van der Waals surface area contributed by atoms with E-state index in [9.17, 15) is 23.1 Å². The van der Waals surface area contributed by atoms with Crippen molar-refractivity contribution in [2.45, 2.75) is 43.6 Å². The molecular weight excluding hydrogens is 376 g/mol. The van der Waals surface area contributed by atoms with Crippen LogP contribution in [-0.2, 0) is 19.0 Å². The lowest BCUT2D eigenvalue weighted by molar-refractivity contribution is -0.0400. The molecule has 146 valence electrons. The maximum absolute atomic E-state index is 12.2. The summed E-state index contributed by atoms with van der Waals surface area (Å²) in [6.45, 7) is 2.97. The van der Waals surface area contributed by atoms with Crippen molar-refractivity contribution in [1.82, 2.24) is 9.55 Å². The smallest absolute Gasteiger partial charge is 0.330 e. The SMILES string of the molecule is Cc1ccc(S(=O)(=O)OCC2OC(n3cc(C)c(=O)[nH]c3=O)CC2O)cc1. The number of benzene rings is 1. The number of ether oxygens (including phenoxy) is 1. The number of hydrogen-bond acceptors (Lipinski definition) is 7. The highest BCUT2D eigenvalue weighted by Crippen LogP contribution is 2.28. The van der Waals surface area contributed by atoms with E-state index in [1.165, 1.54) is 25.3 Å². The quantitative estimate of drug-likeness (QED) is 0.691. The van der Waals surface area contributed by atoms with Crippen LogP contribution in [0, 0.1) is 13.8 Å². The number of nitrogens with one attached hydrogen (secondary N) is 1. The fourth-order valence-electron chi connectivity index (χ4n) is 2.77. The molecule has 3 atom stereocenters. The van der Waals surface area contributed by atoms with Gasteiger partial charge in [-0.2, -0.15) is 8.42 Å². The molecule has 1 saturated heterocycles. The molecule has 0 saturated carbocycles. The molecule has 2 N–H and O–H groups in total. The molecule has 2 aromatic rings. The highest BCUT2D eigenvalue weighted by molar-refractivity contribution is 7.86. The van der Waals surface area contributed by atoms with Gasteiger partial charge in [-0.15, -0.1) is 0 Å². The van der Waals surface area contributed by atoms with Crippen LogP contribution in [-0.4, -0.2) is 41.9 Å². The predicted molar refractivity (Wildman–Crippen MR) is 94.9 cm³/mol. The zero-order valence-electron chi connectivity index (χ0n) is 14.8. The first-order valence-electron chi connectivity index (χ1n) is 8.29. The van der Waals surface area contributed by atoms with E-state index in [-0.39, 0.29) is 11.3 Å². The number of aromatic nitrogens is 2. The summed E-state index contributed by atoms with van der Waals surface area (Å²) in [6, 6.07) is 6.17. The summed E-state index contributed by atoms with van der Waals surface area (Å²) in [5.41, 5.74) is 0.0535. The van der Waals surface area contributed by atoms with Gasteiger partial charge in [0.25, 0.3) is 15.7 Å². The van der Waals surface area contributed by atoms with Crippen molar-refractivity contribution in [2.75, 3.05) is 6.61 Å². The van der Waals surface area contributed by atoms with Gasteiger partial charge >= 0.3 is 5.69 Å². The standard InChI is InChI=1S/C17H20N2O7S/c1-10-3-5-12(6-4-10)27(23,24)25-9-14-13(20)7-15(26-14)19-8-11(2)16(21)18-17(19)22/h3-6,8,13-15,20H,7,9H2,1-2H3,(H,18,21,22). The van der Waals surface area contributed by atoms with Crippen LogP contribution in [0.2, 0.25) is 0 Å². The van der Waals surface area contributed by atoms with Gasteiger partial charge in [-0.3, -0.25) is 18.5 Å². The Labute approximate surface area is 155 Å². The Morgan fingerprint density at radius 2 is 1.93 bits per heavy atom. The Balaban J connectivity index is 1.70. The van der Waals surface area contributed by atoms with Crippen molar-refractivity contribution >= 4 is 10.1 Å². The Hall–Kier alpha value is -2.27. The number of hydrogen-bond donors (Lipinski definition) is 2. The van der Waals surface area contributed by atoms with E-state index in [2.05, 4.69) is 4.98 Å². The van der Waals surface area contributed by atoms with Crippen LogP contribution in [0.15, 0.2) is 44.9 Å².